The molecule has 0 aliphatic carbocycles. The maximum atomic E-state index is 9.85. The molecule has 0 saturated carbocycles. The van der Waals surface area contributed by atoms with E-state index in [1.807, 2.05) is 38.1 Å². The number of benzene rings is 1. The zero-order valence-corrected chi connectivity index (χ0v) is 19.5. The van der Waals surface area contributed by atoms with Crippen molar-refractivity contribution in [1.29, 1.82) is 5.26 Å². The number of ether oxygens (including phenoxy) is 1. The fourth-order valence-electron chi connectivity index (χ4n) is 5.14. The Hall–Kier alpha value is -4.07. The number of nitriles is 1. The van der Waals surface area contributed by atoms with E-state index in [0.29, 0.717) is 29.1 Å². The van der Waals surface area contributed by atoms with Crippen molar-refractivity contribution in [2.45, 2.75) is 38.6 Å². The largest absolute Gasteiger partial charge is 0.471 e. The molecular formula is C25H25N9O. The molecule has 10 heteroatoms. The highest BCUT2D eigenvalue weighted by atomic mass is 16.5. The maximum absolute atomic E-state index is 9.85. The Labute approximate surface area is 202 Å². The van der Waals surface area contributed by atoms with Crippen LogP contribution in [0.25, 0.3) is 22.2 Å². The van der Waals surface area contributed by atoms with E-state index in [4.69, 9.17) is 10.5 Å². The lowest BCUT2D eigenvalue weighted by Gasteiger charge is -2.48. The third-order valence-electron chi connectivity index (χ3n) is 6.84. The maximum Gasteiger partial charge on any atom is 0.176 e. The van der Waals surface area contributed by atoms with Crippen molar-refractivity contribution in [3.05, 3.63) is 59.0 Å². The van der Waals surface area contributed by atoms with Gasteiger partial charge in [0, 0.05) is 47.9 Å². The van der Waals surface area contributed by atoms with Gasteiger partial charge in [-0.2, -0.15) is 20.6 Å². The van der Waals surface area contributed by atoms with E-state index in [-0.39, 0.29) is 0 Å². The summed E-state index contributed by atoms with van der Waals surface area (Å²) in [5.74, 6) is 1.34. The van der Waals surface area contributed by atoms with Crippen LogP contribution < -0.4 is 20.7 Å². The van der Waals surface area contributed by atoms with Gasteiger partial charge in [0.2, 0.25) is 0 Å². The molecule has 2 bridgehead atoms. The molecule has 35 heavy (non-hydrogen) atoms. The van der Waals surface area contributed by atoms with E-state index in [0.717, 1.165) is 52.2 Å². The molecule has 3 fully saturated rings. The number of hydrogen-bond acceptors (Lipinski definition) is 9. The van der Waals surface area contributed by atoms with Crippen molar-refractivity contribution >= 4 is 16.7 Å². The van der Waals surface area contributed by atoms with Gasteiger partial charge in [-0.05, 0) is 50.1 Å². The van der Waals surface area contributed by atoms with Crippen molar-refractivity contribution < 1.29 is 4.74 Å². The van der Waals surface area contributed by atoms with Gasteiger partial charge in [0.1, 0.15) is 23.3 Å². The molecule has 3 saturated heterocycles. The van der Waals surface area contributed by atoms with Crippen LogP contribution in [0.1, 0.15) is 35.0 Å². The number of aryl methyl sites for hydroxylation is 2. The van der Waals surface area contributed by atoms with Crippen LogP contribution in [0.3, 0.4) is 0 Å². The van der Waals surface area contributed by atoms with Crippen LogP contribution >= 0.6 is 0 Å². The molecule has 7 rings (SSSR count). The number of piperazine rings is 1. The molecule has 176 valence electrons. The standard InChI is InChI=1S/C25H25N9O/c1-13-9-29-31-14(2)22(13)24(27)35-19-3-4-21-20(7-19)23(33-32-21)16-5-15(8-26)25(28-10-16)34-11-17-6-18(12-34)30-17/h3-5,7,9-10,17-18,24,30H,6,11-12,27H2,1-2H3,(H,32,33)/t17?,18?,24-/m0/s1. The van der Waals surface area contributed by atoms with E-state index in [1.165, 1.54) is 6.42 Å². The Balaban J connectivity index is 1.31. The van der Waals surface area contributed by atoms with Gasteiger partial charge in [-0.25, -0.2) is 4.98 Å². The molecule has 10 nitrogen and oxygen atoms in total. The summed E-state index contributed by atoms with van der Waals surface area (Å²) in [5.41, 5.74) is 11.7. The number of nitrogens with one attached hydrogen (secondary N) is 2. The average Bonchev–Trinajstić information content (AvgIpc) is 3.26. The highest BCUT2D eigenvalue weighted by Gasteiger charge is 2.37. The fourth-order valence-corrected chi connectivity index (χ4v) is 5.14. The molecular weight excluding hydrogens is 442 g/mol. The molecule has 3 aliphatic heterocycles. The van der Waals surface area contributed by atoms with E-state index in [2.05, 4.69) is 41.7 Å². The first-order valence-electron chi connectivity index (χ1n) is 11.6. The minimum atomic E-state index is -0.685. The quantitative estimate of drug-likeness (QED) is 0.377. The Bertz CT molecular complexity index is 1440. The van der Waals surface area contributed by atoms with Gasteiger partial charge < -0.3 is 15.0 Å². The number of piperidine rings is 1. The van der Waals surface area contributed by atoms with E-state index in [9.17, 15) is 5.26 Å². The van der Waals surface area contributed by atoms with E-state index in [1.54, 1.807) is 12.4 Å². The molecule has 3 aliphatic rings. The Morgan fingerprint density at radius 1 is 1.20 bits per heavy atom. The van der Waals surface area contributed by atoms with Crippen molar-refractivity contribution in [3.63, 3.8) is 0 Å². The highest BCUT2D eigenvalue weighted by molar-refractivity contribution is 5.94. The third kappa shape index (κ3) is 3.75. The van der Waals surface area contributed by atoms with E-state index >= 15 is 0 Å². The average molecular weight is 468 g/mol. The molecule has 4 aromatic rings. The van der Waals surface area contributed by atoms with Crippen LogP contribution in [0, 0.1) is 25.2 Å². The number of rotatable bonds is 5. The fraction of sp³-hybridized carbons (Fsp3) is 0.320. The zero-order chi connectivity index (χ0) is 24.1. The van der Waals surface area contributed by atoms with Crippen LogP contribution in [0.2, 0.25) is 0 Å². The lowest BCUT2D eigenvalue weighted by Crippen LogP contribution is -2.67. The van der Waals surface area contributed by atoms with Gasteiger partial charge in [-0.15, -0.1) is 0 Å². The number of aromatic amines is 1. The number of aromatic nitrogens is 5. The van der Waals surface area contributed by atoms with Crippen LogP contribution in [0.15, 0.2) is 36.7 Å². The number of pyridine rings is 1. The van der Waals surface area contributed by atoms with Crippen LogP contribution in [-0.4, -0.2) is 50.6 Å². The Morgan fingerprint density at radius 2 is 2.00 bits per heavy atom. The number of fused-ring (bicyclic) bond motifs is 3. The smallest absolute Gasteiger partial charge is 0.176 e. The summed E-state index contributed by atoms with van der Waals surface area (Å²) < 4.78 is 6.08. The SMILES string of the molecule is Cc1cnnc(C)c1[C@@H](N)Oc1ccc2[nH]nc(-c3cnc(N4CC5CC(C4)N5)c(C#N)c3)c2c1. The summed E-state index contributed by atoms with van der Waals surface area (Å²) in [7, 11) is 0. The third-order valence-corrected chi connectivity index (χ3v) is 6.84. The summed E-state index contributed by atoms with van der Waals surface area (Å²) in [4.78, 5) is 6.88. The van der Waals surface area contributed by atoms with Gasteiger partial charge >= 0.3 is 0 Å². The number of anilines is 1. The molecule has 0 radical (unpaired) electrons. The van der Waals surface area contributed by atoms with Crippen LogP contribution in [-0.2, 0) is 0 Å². The van der Waals surface area contributed by atoms with Crippen molar-refractivity contribution in [2.75, 3.05) is 18.0 Å². The first-order valence-corrected chi connectivity index (χ1v) is 11.6. The molecule has 0 spiro atoms. The second-order valence-electron chi connectivity index (χ2n) is 9.25. The first-order chi connectivity index (χ1) is 17.0. The Kier molecular flexibility index (Phi) is 5.09. The summed E-state index contributed by atoms with van der Waals surface area (Å²) in [5, 5.41) is 29.8. The lowest BCUT2D eigenvalue weighted by atomic mass is 9.91. The molecule has 2 unspecified atom stereocenters. The minimum absolute atomic E-state index is 0.484. The van der Waals surface area contributed by atoms with Crippen LogP contribution in [0.4, 0.5) is 5.82 Å². The summed E-state index contributed by atoms with van der Waals surface area (Å²) in [6, 6.07) is 10.8. The van der Waals surface area contributed by atoms with Gasteiger partial charge in [0.05, 0.1) is 23.0 Å². The van der Waals surface area contributed by atoms with Gasteiger partial charge in [-0.3, -0.25) is 10.8 Å². The molecule has 3 aromatic heterocycles. The predicted molar refractivity (Wildman–Crippen MR) is 131 cm³/mol. The predicted octanol–water partition coefficient (Wildman–Crippen LogP) is 2.49. The van der Waals surface area contributed by atoms with Gasteiger partial charge in [0.25, 0.3) is 0 Å². The normalized spacial score (nSPS) is 19.8. The molecule has 3 atom stereocenters. The first kappa shape index (κ1) is 21.5. The summed E-state index contributed by atoms with van der Waals surface area (Å²) in [6.07, 6.45) is 3.97. The van der Waals surface area contributed by atoms with Gasteiger partial charge in [-0.1, -0.05) is 0 Å². The molecule has 6 heterocycles. The molecule has 1 aromatic carbocycles. The molecule has 0 amide bonds. The number of H-pyrrole nitrogens is 1. The van der Waals surface area contributed by atoms with Crippen LogP contribution in [0.5, 0.6) is 5.75 Å². The Morgan fingerprint density at radius 3 is 2.74 bits per heavy atom. The molecule has 4 N–H and O–H groups in total. The van der Waals surface area contributed by atoms with Crippen molar-refractivity contribution in [2.24, 2.45) is 5.73 Å². The minimum Gasteiger partial charge on any atom is -0.471 e. The van der Waals surface area contributed by atoms with Crippen molar-refractivity contribution in [3.8, 4) is 23.1 Å². The summed E-state index contributed by atoms with van der Waals surface area (Å²) in [6.45, 7) is 5.54. The van der Waals surface area contributed by atoms with Gasteiger partial charge in [0.15, 0.2) is 6.23 Å². The number of nitrogens with two attached hydrogens (primary N) is 1. The van der Waals surface area contributed by atoms with Crippen molar-refractivity contribution in [1.82, 2.24) is 30.7 Å². The number of hydrogen-bond donors (Lipinski definition) is 3. The highest BCUT2D eigenvalue weighted by Crippen LogP contribution is 2.33. The van der Waals surface area contributed by atoms with E-state index < -0.39 is 6.23 Å². The monoisotopic (exact) mass is 467 g/mol. The summed E-state index contributed by atoms with van der Waals surface area (Å²) >= 11 is 0. The number of nitrogens with zero attached hydrogens (tertiary/aromatic N) is 6. The second-order valence-corrected chi connectivity index (χ2v) is 9.25. The second kappa shape index (κ2) is 8.30. The lowest BCUT2D eigenvalue weighted by molar-refractivity contribution is 0.212. The topological polar surface area (TPSA) is 142 Å². The zero-order valence-electron chi connectivity index (χ0n) is 19.5.